The highest BCUT2D eigenvalue weighted by atomic mass is 16.5. The highest BCUT2D eigenvalue weighted by Crippen LogP contribution is 2.29. The summed E-state index contributed by atoms with van der Waals surface area (Å²) in [6.07, 6.45) is 2.66. The van der Waals surface area contributed by atoms with Gasteiger partial charge in [0, 0.05) is 13.1 Å². The fourth-order valence-corrected chi connectivity index (χ4v) is 2.89. The van der Waals surface area contributed by atoms with Crippen molar-refractivity contribution in [1.82, 2.24) is 4.90 Å². The van der Waals surface area contributed by atoms with E-state index in [4.69, 9.17) is 4.74 Å². The van der Waals surface area contributed by atoms with Crippen molar-refractivity contribution >= 4 is 5.97 Å². The summed E-state index contributed by atoms with van der Waals surface area (Å²) in [5, 5.41) is 9.31. The van der Waals surface area contributed by atoms with E-state index >= 15 is 0 Å². The number of likely N-dealkylation sites (tertiary alicyclic amines) is 1. The molecule has 0 bridgehead atoms. The van der Waals surface area contributed by atoms with Gasteiger partial charge >= 0.3 is 5.97 Å². The van der Waals surface area contributed by atoms with Crippen molar-refractivity contribution < 1.29 is 14.6 Å². The van der Waals surface area contributed by atoms with E-state index in [1.54, 1.807) is 0 Å². The van der Waals surface area contributed by atoms with Gasteiger partial charge in [-0.25, -0.2) is 0 Å². The number of carbonyl (C=O) groups is 1. The molecule has 1 aromatic rings. The number of hydrogen-bond acceptors (Lipinski definition) is 3. The SMILES string of the molecule is Cc1cccc(OCCCN2CCCC(C)(C(=O)O)C2)c1. The van der Waals surface area contributed by atoms with E-state index in [9.17, 15) is 9.90 Å². The highest BCUT2D eigenvalue weighted by Gasteiger charge is 2.37. The predicted octanol–water partition coefficient (Wildman–Crippen LogP) is 2.95. The minimum Gasteiger partial charge on any atom is -0.494 e. The number of aryl methyl sites for hydroxylation is 1. The van der Waals surface area contributed by atoms with E-state index in [2.05, 4.69) is 4.90 Å². The molecular weight excluding hydrogens is 266 g/mol. The number of carboxylic acid groups (broad SMARTS) is 1. The Hall–Kier alpha value is -1.55. The first-order valence-electron chi connectivity index (χ1n) is 7.65. The van der Waals surface area contributed by atoms with Gasteiger partial charge in [-0.15, -0.1) is 0 Å². The molecule has 1 aliphatic heterocycles. The van der Waals surface area contributed by atoms with Crippen molar-refractivity contribution in [1.29, 1.82) is 0 Å². The monoisotopic (exact) mass is 291 g/mol. The summed E-state index contributed by atoms with van der Waals surface area (Å²) in [6, 6.07) is 8.04. The van der Waals surface area contributed by atoms with Gasteiger partial charge in [-0.2, -0.15) is 0 Å². The van der Waals surface area contributed by atoms with Gasteiger partial charge in [0.25, 0.3) is 0 Å². The number of piperidine rings is 1. The molecule has 21 heavy (non-hydrogen) atoms. The van der Waals surface area contributed by atoms with Gasteiger partial charge in [-0.1, -0.05) is 12.1 Å². The van der Waals surface area contributed by atoms with E-state index in [0.29, 0.717) is 13.2 Å². The van der Waals surface area contributed by atoms with E-state index < -0.39 is 11.4 Å². The van der Waals surface area contributed by atoms with Crippen molar-refractivity contribution in [3.8, 4) is 5.75 Å². The molecule has 0 spiro atoms. The summed E-state index contributed by atoms with van der Waals surface area (Å²) in [6.45, 7) is 7.11. The predicted molar refractivity (Wildman–Crippen MR) is 82.7 cm³/mol. The molecule has 1 unspecified atom stereocenters. The second kappa shape index (κ2) is 6.94. The molecule has 1 heterocycles. The summed E-state index contributed by atoms with van der Waals surface area (Å²) in [5.74, 6) is 0.229. The summed E-state index contributed by atoms with van der Waals surface area (Å²) < 4.78 is 5.73. The van der Waals surface area contributed by atoms with Gasteiger partial charge in [0.05, 0.1) is 12.0 Å². The molecule has 116 valence electrons. The Balaban J connectivity index is 1.72. The largest absolute Gasteiger partial charge is 0.494 e. The Bertz CT molecular complexity index is 489. The number of rotatable bonds is 6. The van der Waals surface area contributed by atoms with Crippen molar-refractivity contribution in [2.24, 2.45) is 5.41 Å². The summed E-state index contributed by atoms with van der Waals surface area (Å²) in [4.78, 5) is 13.6. The van der Waals surface area contributed by atoms with Crippen LogP contribution in [0.1, 0.15) is 31.7 Å². The third kappa shape index (κ3) is 4.46. The number of nitrogens with zero attached hydrogens (tertiary/aromatic N) is 1. The molecule has 0 amide bonds. The Morgan fingerprint density at radius 1 is 1.48 bits per heavy atom. The minimum absolute atomic E-state index is 0.588. The first-order chi connectivity index (χ1) is 9.99. The quantitative estimate of drug-likeness (QED) is 0.819. The summed E-state index contributed by atoms with van der Waals surface area (Å²) >= 11 is 0. The molecule has 1 N–H and O–H groups in total. The number of ether oxygens (including phenoxy) is 1. The molecule has 1 aromatic carbocycles. The first kappa shape index (κ1) is 15.8. The van der Waals surface area contributed by atoms with Crippen LogP contribution in [0.5, 0.6) is 5.75 Å². The zero-order chi connectivity index (χ0) is 15.3. The molecule has 0 saturated carbocycles. The van der Waals surface area contributed by atoms with Crippen LogP contribution in [0, 0.1) is 12.3 Å². The van der Waals surface area contributed by atoms with E-state index in [-0.39, 0.29) is 0 Å². The topological polar surface area (TPSA) is 49.8 Å². The van der Waals surface area contributed by atoms with Crippen LogP contribution >= 0.6 is 0 Å². The van der Waals surface area contributed by atoms with E-state index in [0.717, 1.165) is 38.1 Å². The zero-order valence-electron chi connectivity index (χ0n) is 13.0. The summed E-state index contributed by atoms with van der Waals surface area (Å²) in [7, 11) is 0. The Kier molecular flexibility index (Phi) is 5.23. The molecule has 1 saturated heterocycles. The average molecular weight is 291 g/mol. The lowest BCUT2D eigenvalue weighted by molar-refractivity contribution is -0.151. The van der Waals surface area contributed by atoms with E-state index in [1.165, 1.54) is 5.56 Å². The minimum atomic E-state index is -0.678. The molecule has 4 heteroatoms. The normalized spacial score (nSPS) is 23.0. The zero-order valence-corrected chi connectivity index (χ0v) is 13.0. The van der Waals surface area contributed by atoms with Crippen molar-refractivity contribution in [3.63, 3.8) is 0 Å². The van der Waals surface area contributed by atoms with E-state index in [1.807, 2.05) is 38.1 Å². The van der Waals surface area contributed by atoms with Gasteiger partial charge < -0.3 is 14.7 Å². The summed E-state index contributed by atoms with van der Waals surface area (Å²) in [5.41, 5.74) is 0.607. The van der Waals surface area contributed by atoms with Gasteiger partial charge in [0.1, 0.15) is 5.75 Å². The maximum absolute atomic E-state index is 11.3. The van der Waals surface area contributed by atoms with Crippen LogP contribution in [0.3, 0.4) is 0 Å². The van der Waals surface area contributed by atoms with Crippen LogP contribution in [0.4, 0.5) is 0 Å². The van der Waals surface area contributed by atoms with Crippen molar-refractivity contribution in [2.45, 2.75) is 33.1 Å². The van der Waals surface area contributed by atoms with Crippen molar-refractivity contribution in [2.75, 3.05) is 26.2 Å². The molecule has 2 rings (SSSR count). The van der Waals surface area contributed by atoms with Crippen LogP contribution in [-0.2, 0) is 4.79 Å². The third-order valence-electron chi connectivity index (χ3n) is 4.17. The second-order valence-corrected chi connectivity index (χ2v) is 6.26. The molecule has 4 nitrogen and oxygen atoms in total. The lowest BCUT2D eigenvalue weighted by atomic mass is 9.82. The third-order valence-corrected chi connectivity index (χ3v) is 4.17. The van der Waals surface area contributed by atoms with Gasteiger partial charge in [-0.3, -0.25) is 4.79 Å². The Labute approximate surface area is 126 Å². The van der Waals surface area contributed by atoms with Crippen LogP contribution < -0.4 is 4.74 Å². The Morgan fingerprint density at radius 3 is 3.00 bits per heavy atom. The number of hydrogen-bond donors (Lipinski definition) is 1. The highest BCUT2D eigenvalue weighted by molar-refractivity contribution is 5.74. The maximum atomic E-state index is 11.3. The molecule has 0 radical (unpaired) electrons. The number of benzene rings is 1. The lowest BCUT2D eigenvalue weighted by Crippen LogP contribution is -2.46. The lowest BCUT2D eigenvalue weighted by Gasteiger charge is -2.37. The van der Waals surface area contributed by atoms with Gasteiger partial charge in [-0.05, 0) is 57.4 Å². The van der Waals surface area contributed by atoms with Crippen LogP contribution in [0.15, 0.2) is 24.3 Å². The standard InChI is InChI=1S/C17H25NO3/c1-14-6-3-7-15(12-14)21-11-5-10-18-9-4-8-17(2,13-18)16(19)20/h3,6-7,12H,4-5,8-11,13H2,1-2H3,(H,19,20). The first-order valence-corrected chi connectivity index (χ1v) is 7.65. The average Bonchev–Trinajstić information content (AvgIpc) is 2.44. The van der Waals surface area contributed by atoms with Gasteiger partial charge in [0.15, 0.2) is 0 Å². The molecule has 0 aromatic heterocycles. The smallest absolute Gasteiger partial charge is 0.310 e. The maximum Gasteiger partial charge on any atom is 0.310 e. The number of aliphatic carboxylic acids is 1. The number of carboxylic acids is 1. The fraction of sp³-hybridized carbons (Fsp3) is 0.588. The van der Waals surface area contributed by atoms with Gasteiger partial charge in [0.2, 0.25) is 0 Å². The fourth-order valence-electron chi connectivity index (χ4n) is 2.89. The Morgan fingerprint density at radius 2 is 2.29 bits per heavy atom. The van der Waals surface area contributed by atoms with Crippen molar-refractivity contribution in [3.05, 3.63) is 29.8 Å². The van der Waals surface area contributed by atoms with Crippen LogP contribution in [0.2, 0.25) is 0 Å². The molecule has 1 atom stereocenters. The van der Waals surface area contributed by atoms with Crippen LogP contribution in [0.25, 0.3) is 0 Å². The molecular formula is C17H25NO3. The molecule has 0 aliphatic carbocycles. The molecule has 1 fully saturated rings. The molecule has 1 aliphatic rings. The van der Waals surface area contributed by atoms with Crippen LogP contribution in [-0.4, -0.2) is 42.2 Å². The second-order valence-electron chi connectivity index (χ2n) is 6.26.